The molecule has 0 unspecified atom stereocenters. The van der Waals surface area contributed by atoms with Crippen molar-refractivity contribution in [3.05, 3.63) is 53.4 Å². The summed E-state index contributed by atoms with van der Waals surface area (Å²) in [6.07, 6.45) is 2.49. The van der Waals surface area contributed by atoms with E-state index in [-0.39, 0.29) is 24.0 Å². The van der Waals surface area contributed by atoms with E-state index in [1.807, 2.05) is 24.3 Å². The number of hydrogen-bond donors (Lipinski definition) is 1. The zero-order valence-corrected chi connectivity index (χ0v) is 18.3. The van der Waals surface area contributed by atoms with Gasteiger partial charge in [-0.15, -0.1) is 24.0 Å². The quantitative estimate of drug-likeness (QED) is 0.270. The maximum absolute atomic E-state index is 6.13. The van der Waals surface area contributed by atoms with Gasteiger partial charge in [0.2, 0.25) is 0 Å². The number of hydrogen-bond acceptors (Lipinski definition) is 4. The van der Waals surface area contributed by atoms with E-state index in [2.05, 4.69) is 26.9 Å². The highest BCUT2D eigenvalue weighted by atomic mass is 127. The van der Waals surface area contributed by atoms with E-state index < -0.39 is 0 Å². The van der Waals surface area contributed by atoms with Crippen LogP contribution in [-0.4, -0.2) is 50.2 Å². The Morgan fingerprint density at radius 2 is 1.89 bits per heavy atom. The first-order valence-corrected chi connectivity index (χ1v) is 9.26. The maximum Gasteiger partial charge on any atom is 0.191 e. The van der Waals surface area contributed by atoms with Crippen LogP contribution in [0, 0.1) is 0 Å². The summed E-state index contributed by atoms with van der Waals surface area (Å²) in [5.74, 6) is 1.46. The molecule has 1 fully saturated rings. The Labute approximate surface area is 182 Å². The van der Waals surface area contributed by atoms with Crippen molar-refractivity contribution in [1.29, 1.82) is 0 Å². The predicted octanol–water partition coefficient (Wildman–Crippen LogP) is 3.59. The second-order valence-electron chi connectivity index (χ2n) is 6.18. The number of rotatable bonds is 7. The molecule has 2 aromatic rings. The highest BCUT2D eigenvalue weighted by molar-refractivity contribution is 14.0. The summed E-state index contributed by atoms with van der Waals surface area (Å²) in [5.41, 5.74) is 7.32. The zero-order valence-electron chi connectivity index (χ0n) is 15.2. The van der Waals surface area contributed by atoms with Crippen LogP contribution in [-0.2, 0) is 11.3 Å². The van der Waals surface area contributed by atoms with Gasteiger partial charge in [0.05, 0.1) is 6.26 Å². The lowest BCUT2D eigenvalue weighted by atomic mass is 10.2. The number of nitrogens with zero attached hydrogens (tertiary/aromatic N) is 3. The predicted molar refractivity (Wildman–Crippen MR) is 120 cm³/mol. The van der Waals surface area contributed by atoms with Gasteiger partial charge in [0.1, 0.15) is 12.4 Å². The average molecular weight is 505 g/mol. The van der Waals surface area contributed by atoms with Crippen LogP contribution >= 0.6 is 35.6 Å². The highest BCUT2D eigenvalue weighted by Gasteiger charge is 2.18. The van der Waals surface area contributed by atoms with Gasteiger partial charge in [0.15, 0.2) is 5.96 Å². The van der Waals surface area contributed by atoms with Crippen LogP contribution in [0.15, 0.2) is 52.1 Å². The van der Waals surface area contributed by atoms with Gasteiger partial charge in [-0.2, -0.15) is 0 Å². The monoisotopic (exact) mass is 504 g/mol. The van der Waals surface area contributed by atoms with E-state index in [4.69, 9.17) is 26.5 Å². The third-order valence-corrected chi connectivity index (χ3v) is 4.59. The fraction of sp³-hybridized carbons (Fsp3) is 0.421. The molecule has 1 saturated heterocycles. The first kappa shape index (κ1) is 21.8. The largest absolute Gasteiger partial charge is 0.467 e. The molecular formula is C19H26ClIN4O2. The minimum absolute atomic E-state index is 0. The number of anilines is 1. The third kappa shape index (κ3) is 6.90. The van der Waals surface area contributed by atoms with Crippen molar-refractivity contribution in [1.82, 2.24) is 4.90 Å². The lowest BCUT2D eigenvalue weighted by Crippen LogP contribution is -2.51. The van der Waals surface area contributed by atoms with Crippen LogP contribution in [0.4, 0.5) is 5.69 Å². The van der Waals surface area contributed by atoms with Gasteiger partial charge in [0, 0.05) is 50.0 Å². The van der Waals surface area contributed by atoms with Crippen molar-refractivity contribution in [2.45, 2.75) is 13.0 Å². The Morgan fingerprint density at radius 1 is 1.15 bits per heavy atom. The highest BCUT2D eigenvalue weighted by Crippen LogP contribution is 2.19. The molecule has 2 N–H and O–H groups in total. The summed E-state index contributed by atoms with van der Waals surface area (Å²) in [6, 6.07) is 11.7. The van der Waals surface area contributed by atoms with Crippen molar-refractivity contribution in [3.8, 4) is 0 Å². The van der Waals surface area contributed by atoms with Crippen LogP contribution in [0.5, 0.6) is 0 Å². The number of guanidine groups is 1. The zero-order chi connectivity index (χ0) is 18.2. The molecular weight excluding hydrogens is 479 g/mol. The van der Waals surface area contributed by atoms with Crippen LogP contribution in [0.1, 0.15) is 12.2 Å². The molecule has 6 nitrogen and oxygen atoms in total. The molecule has 3 rings (SSSR count). The maximum atomic E-state index is 6.13. The van der Waals surface area contributed by atoms with E-state index >= 15 is 0 Å². The van der Waals surface area contributed by atoms with Gasteiger partial charge in [0.25, 0.3) is 0 Å². The van der Waals surface area contributed by atoms with Crippen LogP contribution in [0.25, 0.3) is 0 Å². The number of furan rings is 1. The molecule has 1 aliphatic heterocycles. The number of nitrogens with two attached hydrogens (primary N) is 1. The lowest BCUT2D eigenvalue weighted by Gasteiger charge is -2.36. The molecule has 0 aliphatic carbocycles. The molecule has 0 bridgehead atoms. The molecule has 0 amide bonds. The first-order chi connectivity index (χ1) is 12.7. The Balaban J connectivity index is 0.00000261. The van der Waals surface area contributed by atoms with Gasteiger partial charge in [-0.3, -0.25) is 4.99 Å². The molecule has 1 aromatic carbocycles. The van der Waals surface area contributed by atoms with Gasteiger partial charge >= 0.3 is 0 Å². The normalized spacial score (nSPS) is 14.9. The number of aliphatic imine (C=N–C) groups is 1. The summed E-state index contributed by atoms with van der Waals surface area (Å²) in [5, 5.41) is 0.761. The van der Waals surface area contributed by atoms with Gasteiger partial charge < -0.3 is 24.7 Å². The lowest BCUT2D eigenvalue weighted by molar-refractivity contribution is 0.105. The van der Waals surface area contributed by atoms with E-state index in [0.717, 1.165) is 43.4 Å². The molecule has 0 radical (unpaired) electrons. The molecule has 1 aliphatic rings. The van der Waals surface area contributed by atoms with E-state index in [1.165, 1.54) is 5.69 Å². The molecule has 2 heterocycles. The van der Waals surface area contributed by atoms with Crippen LogP contribution in [0.3, 0.4) is 0 Å². The second kappa shape index (κ2) is 11.4. The van der Waals surface area contributed by atoms with Gasteiger partial charge in [-0.25, -0.2) is 0 Å². The Bertz CT molecular complexity index is 686. The van der Waals surface area contributed by atoms with E-state index in [9.17, 15) is 0 Å². The number of ether oxygens (including phenoxy) is 1. The minimum atomic E-state index is 0. The molecule has 8 heteroatoms. The van der Waals surface area contributed by atoms with E-state index in [0.29, 0.717) is 25.7 Å². The number of halogens is 2. The summed E-state index contributed by atoms with van der Waals surface area (Å²) >= 11 is 5.95. The molecule has 148 valence electrons. The van der Waals surface area contributed by atoms with Crippen molar-refractivity contribution in [2.75, 3.05) is 44.2 Å². The third-order valence-electron chi connectivity index (χ3n) is 4.34. The van der Waals surface area contributed by atoms with Gasteiger partial charge in [-0.1, -0.05) is 11.6 Å². The van der Waals surface area contributed by atoms with Crippen LogP contribution < -0.4 is 10.6 Å². The molecule has 0 atom stereocenters. The average Bonchev–Trinajstić information content (AvgIpc) is 3.19. The van der Waals surface area contributed by atoms with Crippen molar-refractivity contribution in [3.63, 3.8) is 0 Å². The smallest absolute Gasteiger partial charge is 0.191 e. The molecule has 1 aromatic heterocycles. The Morgan fingerprint density at radius 3 is 2.56 bits per heavy atom. The van der Waals surface area contributed by atoms with Crippen molar-refractivity contribution in [2.24, 2.45) is 10.7 Å². The SMILES string of the molecule is I.NC(=NCCCOCc1ccco1)N1CCN(c2ccc(Cl)cc2)CC1. The van der Waals surface area contributed by atoms with E-state index in [1.54, 1.807) is 6.26 Å². The van der Waals surface area contributed by atoms with Crippen molar-refractivity contribution < 1.29 is 9.15 Å². The molecule has 27 heavy (non-hydrogen) atoms. The van der Waals surface area contributed by atoms with Crippen LogP contribution in [0.2, 0.25) is 5.02 Å². The van der Waals surface area contributed by atoms with Gasteiger partial charge in [-0.05, 0) is 42.8 Å². The summed E-state index contributed by atoms with van der Waals surface area (Å²) in [4.78, 5) is 8.94. The first-order valence-electron chi connectivity index (χ1n) is 8.88. The standard InChI is InChI=1S/C19H25ClN4O2.HI/c20-16-4-6-17(7-5-16)23-9-11-24(12-10-23)19(21)22-8-2-13-25-15-18-3-1-14-26-18;/h1,3-7,14H,2,8-13,15H2,(H2,21,22);1H. The van der Waals surface area contributed by atoms with Crippen molar-refractivity contribution >= 4 is 47.2 Å². The molecule has 0 saturated carbocycles. The minimum Gasteiger partial charge on any atom is -0.467 e. The number of benzene rings is 1. The topological polar surface area (TPSA) is 67.2 Å². The summed E-state index contributed by atoms with van der Waals surface area (Å²) in [6.45, 7) is 5.39. The summed E-state index contributed by atoms with van der Waals surface area (Å²) in [7, 11) is 0. The fourth-order valence-electron chi connectivity index (χ4n) is 2.87. The second-order valence-corrected chi connectivity index (χ2v) is 6.61. The Hall–Kier alpha value is -1.45. The molecule has 0 spiro atoms. The Kier molecular flexibility index (Phi) is 9.23. The number of piperazine rings is 1. The summed E-state index contributed by atoms with van der Waals surface area (Å²) < 4.78 is 10.8. The fourth-order valence-corrected chi connectivity index (χ4v) is 3.00.